The fourth-order valence-electron chi connectivity index (χ4n) is 2.38. The Balaban J connectivity index is 1.77. The Morgan fingerprint density at radius 1 is 1.11 bits per heavy atom. The normalized spacial score (nSPS) is 21.1. The predicted octanol–water partition coefficient (Wildman–Crippen LogP) is -0.0773. The second kappa shape index (κ2) is 5.69. The first kappa shape index (κ1) is 13.3. The van der Waals surface area contributed by atoms with Crippen molar-refractivity contribution in [3.8, 4) is 0 Å². The number of nitrogens with one attached hydrogen (secondary N) is 1. The Kier molecular flexibility index (Phi) is 4.22. The van der Waals surface area contributed by atoms with Crippen molar-refractivity contribution in [3.63, 3.8) is 0 Å². The highest BCUT2D eigenvalue weighted by molar-refractivity contribution is 5.81. The number of hydrogen-bond acceptors (Lipinski definition) is 3. The maximum Gasteiger partial charge on any atom is 0.228 e. The van der Waals surface area contributed by atoms with Crippen LogP contribution >= 0.6 is 0 Å². The summed E-state index contributed by atoms with van der Waals surface area (Å²) in [7, 11) is 0. The van der Waals surface area contributed by atoms with E-state index in [-0.39, 0.29) is 17.7 Å². The summed E-state index contributed by atoms with van der Waals surface area (Å²) in [5.74, 6) is 1.05. The van der Waals surface area contributed by atoms with Crippen LogP contribution in [0.3, 0.4) is 0 Å². The molecule has 2 rings (SSSR count). The summed E-state index contributed by atoms with van der Waals surface area (Å²) in [4.78, 5) is 27.7. The van der Waals surface area contributed by atoms with Crippen molar-refractivity contribution in [2.24, 2.45) is 11.8 Å². The number of nitrogens with zero attached hydrogens (tertiary/aromatic N) is 2. The molecule has 5 nitrogen and oxygen atoms in total. The average molecular weight is 253 g/mol. The lowest BCUT2D eigenvalue weighted by Gasteiger charge is -2.38. The number of carbonyl (C=O) groups is 2. The molecule has 2 amide bonds. The van der Waals surface area contributed by atoms with E-state index in [0.29, 0.717) is 38.5 Å². The Labute approximate surface area is 108 Å². The molecule has 5 heteroatoms. The molecule has 0 aliphatic carbocycles. The van der Waals surface area contributed by atoms with E-state index in [1.807, 2.05) is 9.80 Å². The van der Waals surface area contributed by atoms with Crippen LogP contribution in [0.5, 0.6) is 0 Å². The van der Waals surface area contributed by atoms with Gasteiger partial charge in [-0.15, -0.1) is 0 Å². The predicted molar refractivity (Wildman–Crippen MR) is 69.0 cm³/mol. The summed E-state index contributed by atoms with van der Waals surface area (Å²) in [5, 5.41) is 3.12. The Hall–Kier alpha value is -1.10. The largest absolute Gasteiger partial charge is 0.339 e. The molecular weight excluding hydrogens is 230 g/mol. The van der Waals surface area contributed by atoms with Gasteiger partial charge in [-0.3, -0.25) is 9.59 Å². The minimum Gasteiger partial charge on any atom is -0.339 e. The minimum absolute atomic E-state index is 0.169. The van der Waals surface area contributed by atoms with E-state index in [9.17, 15) is 9.59 Å². The van der Waals surface area contributed by atoms with Crippen LogP contribution in [-0.2, 0) is 9.59 Å². The topological polar surface area (TPSA) is 52.7 Å². The van der Waals surface area contributed by atoms with Gasteiger partial charge >= 0.3 is 0 Å². The molecule has 0 unspecified atom stereocenters. The molecule has 0 aromatic carbocycles. The molecule has 0 bridgehead atoms. The quantitative estimate of drug-likeness (QED) is 0.765. The summed E-state index contributed by atoms with van der Waals surface area (Å²) < 4.78 is 0. The molecule has 0 saturated carbocycles. The zero-order chi connectivity index (χ0) is 13.1. The second-order valence-electron chi connectivity index (χ2n) is 5.66. The zero-order valence-electron chi connectivity index (χ0n) is 11.3. The maximum atomic E-state index is 12.0. The summed E-state index contributed by atoms with van der Waals surface area (Å²) in [6, 6.07) is 0. The molecule has 2 heterocycles. The van der Waals surface area contributed by atoms with Crippen LogP contribution in [0.25, 0.3) is 0 Å². The van der Waals surface area contributed by atoms with Gasteiger partial charge in [0.15, 0.2) is 0 Å². The van der Waals surface area contributed by atoms with Gasteiger partial charge in [0.25, 0.3) is 0 Å². The maximum absolute atomic E-state index is 12.0. The zero-order valence-corrected chi connectivity index (χ0v) is 11.3. The van der Waals surface area contributed by atoms with Crippen molar-refractivity contribution in [1.29, 1.82) is 0 Å². The highest BCUT2D eigenvalue weighted by Crippen LogP contribution is 2.12. The molecule has 0 atom stereocenters. The Morgan fingerprint density at radius 3 is 2.11 bits per heavy atom. The monoisotopic (exact) mass is 253 g/mol. The number of rotatable bonds is 3. The van der Waals surface area contributed by atoms with Crippen LogP contribution < -0.4 is 5.32 Å². The molecule has 0 radical (unpaired) electrons. The second-order valence-corrected chi connectivity index (χ2v) is 5.66. The summed E-state index contributed by atoms with van der Waals surface area (Å²) in [6.07, 6.45) is 0.612. The van der Waals surface area contributed by atoms with Crippen molar-refractivity contribution in [2.75, 3.05) is 39.3 Å². The number of carbonyl (C=O) groups excluding carboxylic acids is 2. The molecular formula is C13H23N3O2. The molecule has 0 aromatic rings. The number of piperazine rings is 1. The molecule has 0 aromatic heterocycles. The van der Waals surface area contributed by atoms with E-state index in [2.05, 4.69) is 19.2 Å². The van der Waals surface area contributed by atoms with Crippen molar-refractivity contribution in [1.82, 2.24) is 15.1 Å². The van der Waals surface area contributed by atoms with Gasteiger partial charge in [-0.25, -0.2) is 0 Å². The van der Waals surface area contributed by atoms with Gasteiger partial charge in [-0.1, -0.05) is 13.8 Å². The van der Waals surface area contributed by atoms with Crippen molar-refractivity contribution >= 4 is 11.8 Å². The van der Waals surface area contributed by atoms with Gasteiger partial charge in [0, 0.05) is 45.7 Å². The van der Waals surface area contributed by atoms with E-state index in [4.69, 9.17) is 0 Å². The van der Waals surface area contributed by atoms with Crippen LogP contribution in [0.15, 0.2) is 0 Å². The summed E-state index contributed by atoms with van der Waals surface area (Å²) >= 11 is 0. The standard InChI is InChI=1S/C13H23N3O2/c1-10(2)7-12(17)15-3-5-16(6-4-15)13(18)11-8-14-9-11/h10-11,14H,3-9H2,1-2H3. The fourth-order valence-corrected chi connectivity index (χ4v) is 2.38. The SMILES string of the molecule is CC(C)CC(=O)N1CCN(C(=O)C2CNC2)CC1. The van der Waals surface area contributed by atoms with Crippen molar-refractivity contribution in [2.45, 2.75) is 20.3 Å². The van der Waals surface area contributed by atoms with Crippen LogP contribution in [-0.4, -0.2) is 60.9 Å². The summed E-state index contributed by atoms with van der Waals surface area (Å²) in [5.41, 5.74) is 0. The first-order valence-corrected chi connectivity index (χ1v) is 6.85. The van der Waals surface area contributed by atoms with Gasteiger partial charge in [-0.05, 0) is 5.92 Å². The molecule has 0 spiro atoms. The third-order valence-electron chi connectivity index (χ3n) is 3.66. The fraction of sp³-hybridized carbons (Fsp3) is 0.846. The van der Waals surface area contributed by atoms with Crippen molar-refractivity contribution in [3.05, 3.63) is 0 Å². The number of hydrogen-bond donors (Lipinski definition) is 1. The van der Waals surface area contributed by atoms with Gasteiger partial charge in [0.1, 0.15) is 0 Å². The van der Waals surface area contributed by atoms with E-state index in [1.165, 1.54) is 0 Å². The van der Waals surface area contributed by atoms with Gasteiger partial charge in [0.2, 0.25) is 11.8 Å². The van der Waals surface area contributed by atoms with Crippen LogP contribution in [0, 0.1) is 11.8 Å². The lowest BCUT2D eigenvalue weighted by atomic mass is 10.0. The van der Waals surface area contributed by atoms with Crippen LogP contribution in [0.4, 0.5) is 0 Å². The number of amides is 2. The molecule has 1 N–H and O–H groups in total. The molecule has 102 valence electrons. The van der Waals surface area contributed by atoms with E-state index in [1.54, 1.807) is 0 Å². The highest BCUT2D eigenvalue weighted by atomic mass is 16.2. The van der Waals surface area contributed by atoms with Crippen LogP contribution in [0.2, 0.25) is 0 Å². The van der Waals surface area contributed by atoms with Gasteiger partial charge in [0.05, 0.1) is 5.92 Å². The lowest BCUT2D eigenvalue weighted by molar-refractivity contribution is -0.143. The minimum atomic E-state index is 0.169. The first-order valence-electron chi connectivity index (χ1n) is 6.85. The summed E-state index contributed by atoms with van der Waals surface area (Å²) in [6.45, 7) is 8.51. The molecule has 2 aliphatic rings. The molecule has 2 fully saturated rings. The van der Waals surface area contributed by atoms with E-state index < -0.39 is 0 Å². The van der Waals surface area contributed by atoms with E-state index >= 15 is 0 Å². The average Bonchev–Trinajstić information content (AvgIpc) is 2.26. The Bertz CT molecular complexity index is 318. The molecule has 2 saturated heterocycles. The van der Waals surface area contributed by atoms with Gasteiger partial charge in [-0.2, -0.15) is 0 Å². The third-order valence-corrected chi connectivity index (χ3v) is 3.66. The molecule has 18 heavy (non-hydrogen) atoms. The van der Waals surface area contributed by atoms with E-state index in [0.717, 1.165) is 13.1 Å². The van der Waals surface area contributed by atoms with Gasteiger partial charge < -0.3 is 15.1 Å². The highest BCUT2D eigenvalue weighted by Gasteiger charge is 2.31. The smallest absolute Gasteiger partial charge is 0.228 e. The lowest BCUT2D eigenvalue weighted by Crippen LogP contribution is -2.57. The van der Waals surface area contributed by atoms with Crippen LogP contribution in [0.1, 0.15) is 20.3 Å². The Morgan fingerprint density at radius 2 is 1.67 bits per heavy atom. The molecule has 2 aliphatic heterocycles. The van der Waals surface area contributed by atoms with Crippen molar-refractivity contribution < 1.29 is 9.59 Å². The first-order chi connectivity index (χ1) is 8.58. The third kappa shape index (κ3) is 3.02.